The van der Waals surface area contributed by atoms with Gasteiger partial charge in [0.1, 0.15) is 23.2 Å². The van der Waals surface area contributed by atoms with Crippen molar-refractivity contribution in [3.63, 3.8) is 0 Å². The van der Waals surface area contributed by atoms with E-state index in [2.05, 4.69) is 139 Å². The van der Waals surface area contributed by atoms with Gasteiger partial charge in [0.2, 0.25) is 0 Å². The first-order valence-corrected chi connectivity index (χ1v) is 16.6. The summed E-state index contributed by atoms with van der Waals surface area (Å²) < 4.78 is 6.46. The van der Waals surface area contributed by atoms with Crippen LogP contribution in [0, 0.1) is 0 Å². The fraction of sp³-hybridized carbons (Fsp3) is 0.0222. The first-order chi connectivity index (χ1) is 24.3. The zero-order chi connectivity index (χ0) is 32.3. The second-order valence-electron chi connectivity index (χ2n) is 12.6. The average molecular weight is 628 g/mol. The van der Waals surface area contributed by atoms with Crippen LogP contribution in [0.4, 0.5) is 0 Å². The Kier molecular flexibility index (Phi) is 6.21. The first-order valence-electron chi connectivity index (χ1n) is 16.6. The van der Waals surface area contributed by atoms with Crippen LogP contribution in [0.25, 0.3) is 65.4 Å². The predicted molar refractivity (Wildman–Crippen MR) is 204 cm³/mol. The van der Waals surface area contributed by atoms with Crippen molar-refractivity contribution in [3.05, 3.63) is 180 Å². The van der Waals surface area contributed by atoms with E-state index in [1.807, 2.05) is 30.3 Å². The van der Waals surface area contributed by atoms with Crippen LogP contribution in [-0.4, -0.2) is 11.7 Å². The fourth-order valence-corrected chi connectivity index (χ4v) is 7.41. The minimum absolute atomic E-state index is 0.365. The lowest BCUT2D eigenvalue weighted by molar-refractivity contribution is 0.668. The van der Waals surface area contributed by atoms with Gasteiger partial charge in [0.15, 0.2) is 5.84 Å². The van der Waals surface area contributed by atoms with Crippen molar-refractivity contribution in [2.24, 2.45) is 9.98 Å². The number of hydrogen-bond donors (Lipinski definition) is 1. The fourth-order valence-electron chi connectivity index (χ4n) is 7.41. The molecule has 1 aliphatic rings. The molecular weight excluding hydrogens is 599 g/mol. The van der Waals surface area contributed by atoms with Crippen LogP contribution < -0.4 is 5.32 Å². The molecule has 9 aromatic rings. The van der Waals surface area contributed by atoms with Gasteiger partial charge in [-0.3, -0.25) is 0 Å². The highest BCUT2D eigenvalue weighted by atomic mass is 16.3. The van der Waals surface area contributed by atoms with E-state index in [1.165, 1.54) is 26.9 Å². The van der Waals surface area contributed by atoms with E-state index >= 15 is 0 Å². The summed E-state index contributed by atoms with van der Waals surface area (Å²) in [5, 5.41) is 13.0. The molecule has 8 aromatic carbocycles. The molecule has 4 nitrogen and oxygen atoms in total. The minimum atomic E-state index is -0.365. The monoisotopic (exact) mass is 627 g/mol. The normalized spacial score (nSPS) is 14.7. The zero-order valence-corrected chi connectivity index (χ0v) is 26.5. The second-order valence-corrected chi connectivity index (χ2v) is 12.6. The Morgan fingerprint density at radius 3 is 2.02 bits per heavy atom. The van der Waals surface area contributed by atoms with Crippen LogP contribution in [0.3, 0.4) is 0 Å². The molecule has 49 heavy (non-hydrogen) atoms. The number of furan rings is 1. The number of fused-ring (bicyclic) bond motifs is 7. The van der Waals surface area contributed by atoms with Gasteiger partial charge in [0.25, 0.3) is 0 Å². The number of rotatable bonds is 4. The molecule has 0 spiro atoms. The molecular formula is C45H29N3O. The first kappa shape index (κ1) is 27.6. The molecule has 1 N–H and O–H groups in total. The maximum absolute atomic E-state index is 6.46. The molecule has 1 aliphatic heterocycles. The minimum Gasteiger partial charge on any atom is -0.456 e. The summed E-state index contributed by atoms with van der Waals surface area (Å²) in [4.78, 5) is 10.8. The van der Waals surface area contributed by atoms with Crippen LogP contribution in [0.2, 0.25) is 0 Å². The molecule has 0 amide bonds. The summed E-state index contributed by atoms with van der Waals surface area (Å²) >= 11 is 0. The predicted octanol–water partition coefficient (Wildman–Crippen LogP) is 11.2. The van der Waals surface area contributed by atoms with E-state index in [0.29, 0.717) is 5.84 Å². The maximum atomic E-state index is 6.46. The Labute approximate surface area is 282 Å². The summed E-state index contributed by atoms with van der Waals surface area (Å²) in [6.45, 7) is 0. The number of amidine groups is 2. The number of benzene rings is 8. The van der Waals surface area contributed by atoms with Crippen molar-refractivity contribution in [1.82, 2.24) is 5.32 Å². The van der Waals surface area contributed by atoms with Crippen molar-refractivity contribution >= 4 is 65.9 Å². The molecule has 1 aromatic heterocycles. The number of aliphatic imine (C=N–C) groups is 2. The Bertz CT molecular complexity index is 2800. The topological polar surface area (TPSA) is 49.9 Å². The summed E-state index contributed by atoms with van der Waals surface area (Å²) in [6, 6.07) is 57.5. The SMILES string of the molecule is c1ccc(C2=NC(c3c(-c4ccc5ccc6ccccc6c5c4)ccc4oc5ccccc5c34)=NC(c3cccc4ccccc34)N2)cc1. The van der Waals surface area contributed by atoms with E-state index in [0.717, 1.165) is 61.0 Å². The van der Waals surface area contributed by atoms with Gasteiger partial charge in [0, 0.05) is 27.5 Å². The smallest absolute Gasteiger partial charge is 0.160 e. The van der Waals surface area contributed by atoms with E-state index in [4.69, 9.17) is 14.4 Å². The summed E-state index contributed by atoms with van der Waals surface area (Å²) in [5.41, 5.74) is 6.87. The highest BCUT2D eigenvalue weighted by Crippen LogP contribution is 2.40. The van der Waals surface area contributed by atoms with Gasteiger partial charge in [0.05, 0.1) is 0 Å². The number of nitrogens with one attached hydrogen (secondary N) is 1. The van der Waals surface area contributed by atoms with Crippen LogP contribution in [0.15, 0.2) is 178 Å². The summed E-state index contributed by atoms with van der Waals surface area (Å²) in [5.74, 6) is 1.45. The Hall–Kier alpha value is -6.52. The van der Waals surface area contributed by atoms with Crippen molar-refractivity contribution in [3.8, 4) is 11.1 Å². The average Bonchev–Trinajstić information content (AvgIpc) is 3.56. The molecule has 0 saturated heterocycles. The molecule has 1 atom stereocenters. The van der Waals surface area contributed by atoms with Crippen LogP contribution >= 0.6 is 0 Å². The molecule has 230 valence electrons. The Morgan fingerprint density at radius 1 is 0.490 bits per heavy atom. The van der Waals surface area contributed by atoms with Gasteiger partial charge >= 0.3 is 0 Å². The molecule has 0 aliphatic carbocycles. The Balaban J connectivity index is 1.28. The quantitative estimate of drug-likeness (QED) is 0.197. The molecule has 0 radical (unpaired) electrons. The standard InChI is InChI=1S/C45H29N3O/c1-2-13-31(14-3-1)43-46-44(36-19-10-15-28-11-4-6-16-33(28)36)48-45(47-43)42-35(25-26-40-41(42)37-18-8-9-20-39(37)49-40)32-24-23-30-22-21-29-12-5-7-17-34(29)38(30)27-32/h1-27,44H,(H,46,47,48). The van der Waals surface area contributed by atoms with Crippen molar-refractivity contribution in [1.29, 1.82) is 0 Å². The molecule has 0 bridgehead atoms. The van der Waals surface area contributed by atoms with Gasteiger partial charge in [-0.05, 0) is 67.7 Å². The maximum Gasteiger partial charge on any atom is 0.160 e. The lowest BCUT2D eigenvalue weighted by Crippen LogP contribution is -2.33. The molecule has 0 fully saturated rings. The number of nitrogens with zero attached hydrogens (tertiary/aromatic N) is 2. The molecule has 4 heteroatoms. The third-order valence-corrected chi connectivity index (χ3v) is 9.73. The lowest BCUT2D eigenvalue weighted by atomic mass is 9.91. The Morgan fingerprint density at radius 2 is 1.16 bits per heavy atom. The van der Waals surface area contributed by atoms with Crippen molar-refractivity contribution in [2.75, 3.05) is 0 Å². The molecule has 1 unspecified atom stereocenters. The van der Waals surface area contributed by atoms with E-state index in [-0.39, 0.29) is 6.17 Å². The third kappa shape index (κ3) is 4.53. The second kappa shape index (κ2) is 11.0. The van der Waals surface area contributed by atoms with E-state index < -0.39 is 0 Å². The molecule has 2 heterocycles. The van der Waals surface area contributed by atoms with E-state index in [9.17, 15) is 0 Å². The zero-order valence-electron chi connectivity index (χ0n) is 26.5. The highest BCUT2D eigenvalue weighted by Gasteiger charge is 2.27. The number of para-hydroxylation sites is 1. The largest absolute Gasteiger partial charge is 0.456 e. The summed E-state index contributed by atoms with van der Waals surface area (Å²) in [6.07, 6.45) is -0.365. The van der Waals surface area contributed by atoms with Crippen molar-refractivity contribution in [2.45, 2.75) is 6.17 Å². The van der Waals surface area contributed by atoms with Crippen LogP contribution in [0.5, 0.6) is 0 Å². The summed E-state index contributed by atoms with van der Waals surface area (Å²) in [7, 11) is 0. The van der Waals surface area contributed by atoms with Crippen LogP contribution in [0.1, 0.15) is 22.9 Å². The van der Waals surface area contributed by atoms with Gasteiger partial charge in [-0.25, -0.2) is 9.98 Å². The number of hydrogen-bond acceptors (Lipinski definition) is 4. The third-order valence-electron chi connectivity index (χ3n) is 9.73. The van der Waals surface area contributed by atoms with Gasteiger partial charge in [-0.2, -0.15) is 0 Å². The van der Waals surface area contributed by atoms with Gasteiger partial charge in [-0.15, -0.1) is 0 Å². The van der Waals surface area contributed by atoms with Crippen LogP contribution in [-0.2, 0) is 0 Å². The highest BCUT2D eigenvalue weighted by molar-refractivity contribution is 6.25. The van der Waals surface area contributed by atoms with Crippen molar-refractivity contribution < 1.29 is 4.42 Å². The molecule has 10 rings (SSSR count). The molecule has 0 saturated carbocycles. The lowest BCUT2D eigenvalue weighted by Gasteiger charge is -2.25. The van der Waals surface area contributed by atoms with Gasteiger partial charge in [-0.1, -0.05) is 140 Å². The van der Waals surface area contributed by atoms with Gasteiger partial charge < -0.3 is 9.73 Å². The van der Waals surface area contributed by atoms with E-state index in [1.54, 1.807) is 0 Å².